The molecule has 0 saturated carbocycles. The molecule has 2 unspecified atom stereocenters. The van der Waals surface area contributed by atoms with E-state index in [9.17, 15) is 4.79 Å². The summed E-state index contributed by atoms with van der Waals surface area (Å²) in [5.41, 5.74) is -0.438. The molecule has 0 aromatic heterocycles. The van der Waals surface area contributed by atoms with Crippen LogP contribution >= 0.6 is 0 Å². The zero-order chi connectivity index (χ0) is 12.4. The summed E-state index contributed by atoms with van der Waals surface area (Å²) in [6.07, 6.45) is 2.69. The van der Waals surface area contributed by atoms with Crippen molar-refractivity contribution in [3.63, 3.8) is 0 Å². The van der Waals surface area contributed by atoms with Crippen LogP contribution in [0.25, 0.3) is 0 Å². The van der Waals surface area contributed by atoms with Crippen LogP contribution in [0, 0.1) is 0 Å². The van der Waals surface area contributed by atoms with E-state index in [2.05, 4.69) is 18.7 Å². The van der Waals surface area contributed by atoms with E-state index in [1.54, 1.807) is 0 Å². The molecule has 1 saturated heterocycles. The Bertz CT molecular complexity index is 267. The molecule has 0 aromatic rings. The van der Waals surface area contributed by atoms with Gasteiger partial charge in [0.25, 0.3) is 0 Å². The summed E-state index contributed by atoms with van der Waals surface area (Å²) in [4.78, 5) is 13.1. The predicted molar refractivity (Wildman–Crippen MR) is 62.6 cm³/mol. The van der Waals surface area contributed by atoms with E-state index < -0.39 is 5.97 Å². The first-order valence-electron chi connectivity index (χ1n) is 5.87. The van der Waals surface area contributed by atoms with Gasteiger partial charge in [0.15, 0.2) is 0 Å². The summed E-state index contributed by atoms with van der Waals surface area (Å²) >= 11 is 0. The number of rotatable bonds is 4. The zero-order valence-corrected chi connectivity index (χ0v) is 10.7. The second-order valence-corrected chi connectivity index (χ2v) is 5.27. The van der Waals surface area contributed by atoms with Gasteiger partial charge in [-0.1, -0.05) is 6.92 Å². The van der Waals surface area contributed by atoms with Gasteiger partial charge in [0, 0.05) is 12.1 Å². The number of hydrogen-bond acceptors (Lipinski definition) is 3. The zero-order valence-electron chi connectivity index (χ0n) is 10.7. The molecule has 1 fully saturated rings. The Morgan fingerprint density at radius 1 is 1.50 bits per heavy atom. The fourth-order valence-corrected chi connectivity index (χ4v) is 2.52. The molecule has 0 radical (unpaired) electrons. The minimum atomic E-state index is -0.728. The molecule has 16 heavy (non-hydrogen) atoms. The molecule has 0 amide bonds. The Balaban J connectivity index is 2.88. The molecule has 1 heterocycles. The summed E-state index contributed by atoms with van der Waals surface area (Å²) in [5, 5.41) is 9.06. The maximum Gasteiger partial charge on any atom is 0.305 e. The number of carboxylic acid groups (broad SMARTS) is 1. The molecule has 0 spiro atoms. The van der Waals surface area contributed by atoms with Crippen LogP contribution in [0.3, 0.4) is 0 Å². The highest BCUT2D eigenvalue weighted by molar-refractivity contribution is 5.68. The molecule has 1 rings (SSSR count). The Morgan fingerprint density at radius 3 is 2.56 bits per heavy atom. The number of carbonyl (C=O) groups is 1. The van der Waals surface area contributed by atoms with Crippen LogP contribution < -0.4 is 0 Å². The third-order valence-electron chi connectivity index (χ3n) is 3.90. The van der Waals surface area contributed by atoms with Gasteiger partial charge in [-0.25, -0.2) is 0 Å². The maximum absolute atomic E-state index is 11.0. The van der Waals surface area contributed by atoms with Crippen molar-refractivity contribution >= 4 is 5.97 Å². The molecule has 1 aliphatic rings. The number of aliphatic carboxylic acids is 1. The summed E-state index contributed by atoms with van der Waals surface area (Å²) in [7, 11) is 3.93. The molecule has 2 atom stereocenters. The van der Waals surface area contributed by atoms with E-state index in [0.717, 1.165) is 19.3 Å². The highest BCUT2D eigenvalue weighted by Crippen LogP contribution is 2.39. The minimum Gasteiger partial charge on any atom is -0.481 e. The van der Waals surface area contributed by atoms with Crippen LogP contribution in [0.4, 0.5) is 0 Å². The van der Waals surface area contributed by atoms with Crippen molar-refractivity contribution < 1.29 is 14.6 Å². The van der Waals surface area contributed by atoms with Crippen LogP contribution in [-0.2, 0) is 9.53 Å². The third kappa shape index (κ3) is 2.74. The fraction of sp³-hybridized carbons (Fsp3) is 0.917. The second-order valence-electron chi connectivity index (χ2n) is 5.27. The smallest absolute Gasteiger partial charge is 0.305 e. The van der Waals surface area contributed by atoms with E-state index in [-0.39, 0.29) is 17.6 Å². The van der Waals surface area contributed by atoms with Crippen LogP contribution in [0.15, 0.2) is 0 Å². The first kappa shape index (κ1) is 13.5. The number of nitrogens with zero attached hydrogens (tertiary/aromatic N) is 1. The van der Waals surface area contributed by atoms with Gasteiger partial charge in [-0.15, -0.1) is 0 Å². The van der Waals surface area contributed by atoms with Gasteiger partial charge in [0.2, 0.25) is 0 Å². The lowest BCUT2D eigenvalue weighted by Gasteiger charge is -2.49. The van der Waals surface area contributed by atoms with Gasteiger partial charge in [-0.2, -0.15) is 0 Å². The minimum absolute atomic E-state index is 0.183. The molecule has 94 valence electrons. The van der Waals surface area contributed by atoms with Gasteiger partial charge < -0.3 is 14.7 Å². The van der Waals surface area contributed by atoms with Crippen molar-refractivity contribution in [3.05, 3.63) is 0 Å². The van der Waals surface area contributed by atoms with Gasteiger partial charge in [-0.05, 0) is 40.3 Å². The number of ether oxygens (including phenoxy) is 1. The topological polar surface area (TPSA) is 49.8 Å². The lowest BCUT2D eigenvalue weighted by Crippen LogP contribution is -2.55. The Kier molecular flexibility index (Phi) is 3.97. The molecule has 0 aliphatic carbocycles. The SMILES string of the molecule is CCC1(C)CC(CC(=O)O)(N(C)C)CCO1. The van der Waals surface area contributed by atoms with Gasteiger partial charge in [0.1, 0.15) is 0 Å². The summed E-state index contributed by atoms with van der Waals surface area (Å²) in [5.74, 6) is -0.728. The van der Waals surface area contributed by atoms with Crippen LogP contribution in [0.5, 0.6) is 0 Å². The van der Waals surface area contributed by atoms with E-state index in [1.165, 1.54) is 0 Å². The van der Waals surface area contributed by atoms with Crippen molar-refractivity contribution in [2.24, 2.45) is 0 Å². The molecule has 4 nitrogen and oxygen atoms in total. The third-order valence-corrected chi connectivity index (χ3v) is 3.90. The fourth-order valence-electron chi connectivity index (χ4n) is 2.52. The monoisotopic (exact) mass is 229 g/mol. The lowest BCUT2D eigenvalue weighted by molar-refractivity contribution is -0.151. The standard InChI is InChI=1S/C12H23NO3/c1-5-11(2)9-12(13(3)4,6-7-16-11)8-10(14)15/h5-9H2,1-4H3,(H,14,15). The molecular weight excluding hydrogens is 206 g/mol. The molecule has 1 N–H and O–H groups in total. The number of carboxylic acids is 1. The Hall–Kier alpha value is -0.610. The molecule has 4 heteroatoms. The van der Waals surface area contributed by atoms with E-state index >= 15 is 0 Å². The molecular formula is C12H23NO3. The average Bonchev–Trinajstić information content (AvgIpc) is 2.16. The quantitative estimate of drug-likeness (QED) is 0.797. The van der Waals surface area contributed by atoms with E-state index in [1.807, 2.05) is 14.1 Å². The summed E-state index contributed by atoms with van der Waals surface area (Å²) < 4.78 is 5.78. The number of hydrogen-bond donors (Lipinski definition) is 1. The van der Waals surface area contributed by atoms with Crippen LogP contribution in [-0.4, -0.2) is 47.8 Å². The first-order valence-corrected chi connectivity index (χ1v) is 5.87. The maximum atomic E-state index is 11.0. The molecule has 0 aromatic carbocycles. The Morgan fingerprint density at radius 2 is 2.12 bits per heavy atom. The van der Waals surface area contributed by atoms with Crippen LogP contribution in [0.2, 0.25) is 0 Å². The first-order chi connectivity index (χ1) is 7.33. The van der Waals surface area contributed by atoms with Crippen molar-refractivity contribution in [3.8, 4) is 0 Å². The van der Waals surface area contributed by atoms with Gasteiger partial charge in [-0.3, -0.25) is 4.79 Å². The van der Waals surface area contributed by atoms with Gasteiger partial charge >= 0.3 is 5.97 Å². The molecule has 0 bridgehead atoms. The highest BCUT2D eigenvalue weighted by Gasteiger charge is 2.45. The normalized spacial score (nSPS) is 35.3. The van der Waals surface area contributed by atoms with E-state index in [4.69, 9.17) is 9.84 Å². The highest BCUT2D eigenvalue weighted by atomic mass is 16.5. The molecule has 1 aliphatic heterocycles. The predicted octanol–water partition coefficient (Wildman–Crippen LogP) is 1.74. The largest absolute Gasteiger partial charge is 0.481 e. The Labute approximate surface area is 97.6 Å². The summed E-state index contributed by atoms with van der Waals surface area (Å²) in [6, 6.07) is 0. The van der Waals surface area contributed by atoms with Crippen molar-refractivity contribution in [2.45, 2.75) is 50.7 Å². The second kappa shape index (κ2) is 4.72. The van der Waals surface area contributed by atoms with Crippen molar-refractivity contribution in [1.29, 1.82) is 0 Å². The van der Waals surface area contributed by atoms with E-state index in [0.29, 0.717) is 6.61 Å². The van der Waals surface area contributed by atoms with Gasteiger partial charge in [0.05, 0.1) is 12.0 Å². The van der Waals surface area contributed by atoms with Crippen molar-refractivity contribution in [1.82, 2.24) is 4.90 Å². The summed E-state index contributed by atoms with van der Waals surface area (Å²) in [6.45, 7) is 4.81. The average molecular weight is 229 g/mol. The van der Waals surface area contributed by atoms with Crippen LogP contribution in [0.1, 0.15) is 39.5 Å². The van der Waals surface area contributed by atoms with Crippen molar-refractivity contribution in [2.75, 3.05) is 20.7 Å². The lowest BCUT2D eigenvalue weighted by atomic mass is 9.76.